The van der Waals surface area contributed by atoms with Gasteiger partial charge < -0.3 is 25.0 Å². The Labute approximate surface area is 133 Å². The van der Waals surface area contributed by atoms with Gasteiger partial charge in [-0.25, -0.2) is 15.0 Å². The fourth-order valence-corrected chi connectivity index (χ4v) is 2.77. The lowest BCUT2D eigenvalue weighted by Crippen LogP contribution is -2.34. The van der Waals surface area contributed by atoms with E-state index in [1.54, 1.807) is 10.9 Å². The minimum absolute atomic E-state index is 0.202. The number of aliphatic hydroxyl groups excluding tert-OH is 2. The molecule has 23 heavy (non-hydrogen) atoms. The molecule has 0 amide bonds. The van der Waals surface area contributed by atoms with Gasteiger partial charge in [-0.3, -0.25) is 4.57 Å². The van der Waals surface area contributed by atoms with E-state index in [9.17, 15) is 10.2 Å². The molecule has 4 atom stereocenters. The molecular weight excluding hydrogens is 302 g/mol. The van der Waals surface area contributed by atoms with Crippen LogP contribution in [0.25, 0.3) is 11.2 Å². The summed E-state index contributed by atoms with van der Waals surface area (Å²) in [5.74, 6) is 0.634. The molecule has 0 spiro atoms. The summed E-state index contributed by atoms with van der Waals surface area (Å²) in [4.78, 5) is 12.8. The number of aromatic nitrogens is 4. The molecule has 0 bridgehead atoms. The Kier molecular flexibility index (Phi) is 4.44. The van der Waals surface area contributed by atoms with Crippen molar-refractivity contribution in [3.8, 4) is 0 Å². The van der Waals surface area contributed by atoms with Crippen LogP contribution in [0.2, 0.25) is 0 Å². The van der Waals surface area contributed by atoms with E-state index in [-0.39, 0.29) is 12.6 Å². The summed E-state index contributed by atoms with van der Waals surface area (Å²) in [7, 11) is 1.49. The zero-order chi connectivity index (χ0) is 16.6. The molecule has 0 saturated carbocycles. The van der Waals surface area contributed by atoms with Crippen molar-refractivity contribution in [2.24, 2.45) is 0 Å². The van der Waals surface area contributed by atoms with Crippen molar-refractivity contribution in [2.75, 3.05) is 19.0 Å². The minimum Gasteiger partial charge on any atom is -0.394 e. The fraction of sp³-hybridized carbons (Fsp3) is 0.643. The van der Waals surface area contributed by atoms with Crippen LogP contribution in [0.4, 0.5) is 5.82 Å². The lowest BCUT2D eigenvalue weighted by Gasteiger charge is -2.20. The van der Waals surface area contributed by atoms with Crippen LogP contribution in [0.1, 0.15) is 20.1 Å². The van der Waals surface area contributed by atoms with Gasteiger partial charge in [0.1, 0.15) is 24.6 Å². The number of rotatable bonds is 5. The van der Waals surface area contributed by atoms with E-state index in [0.29, 0.717) is 17.0 Å². The lowest BCUT2D eigenvalue weighted by atomic mass is 10.1. The van der Waals surface area contributed by atoms with Gasteiger partial charge >= 0.3 is 0 Å². The SMILES string of the molecule is CO[C@@H]1[C@H](O)[C@@H](CO)O[C@H]1n1cnc2c(NC(C)C)ncnc21. The predicted octanol–water partition coefficient (Wildman–Crippen LogP) is -0.0878. The highest BCUT2D eigenvalue weighted by Gasteiger charge is 2.45. The van der Waals surface area contributed by atoms with Crippen molar-refractivity contribution < 1.29 is 19.7 Å². The van der Waals surface area contributed by atoms with Gasteiger partial charge in [0.15, 0.2) is 23.2 Å². The summed E-state index contributed by atoms with van der Waals surface area (Å²) >= 11 is 0. The molecule has 0 aromatic carbocycles. The van der Waals surface area contributed by atoms with Gasteiger partial charge in [0.05, 0.1) is 12.9 Å². The van der Waals surface area contributed by atoms with Crippen LogP contribution in [-0.4, -0.2) is 67.8 Å². The van der Waals surface area contributed by atoms with Crippen LogP contribution in [0.15, 0.2) is 12.7 Å². The Morgan fingerprint density at radius 2 is 2.17 bits per heavy atom. The molecule has 0 aliphatic carbocycles. The monoisotopic (exact) mass is 323 g/mol. The number of methoxy groups -OCH3 is 1. The van der Waals surface area contributed by atoms with Gasteiger partial charge in [0, 0.05) is 13.2 Å². The molecule has 0 radical (unpaired) electrons. The number of anilines is 1. The first-order valence-electron chi connectivity index (χ1n) is 7.48. The number of ether oxygens (including phenoxy) is 2. The highest BCUT2D eigenvalue weighted by Crippen LogP contribution is 2.33. The van der Waals surface area contributed by atoms with Crippen LogP contribution in [0.5, 0.6) is 0 Å². The van der Waals surface area contributed by atoms with E-state index in [4.69, 9.17) is 9.47 Å². The number of imidazole rings is 1. The molecule has 2 aromatic rings. The van der Waals surface area contributed by atoms with E-state index >= 15 is 0 Å². The van der Waals surface area contributed by atoms with Crippen molar-refractivity contribution in [3.05, 3.63) is 12.7 Å². The van der Waals surface area contributed by atoms with Crippen LogP contribution in [0, 0.1) is 0 Å². The van der Waals surface area contributed by atoms with Crippen LogP contribution < -0.4 is 5.32 Å². The Bertz CT molecular complexity index is 676. The van der Waals surface area contributed by atoms with Gasteiger partial charge in [-0.1, -0.05) is 0 Å². The molecule has 1 aliphatic rings. The van der Waals surface area contributed by atoms with Gasteiger partial charge in [0.2, 0.25) is 0 Å². The molecule has 1 aliphatic heterocycles. The quantitative estimate of drug-likeness (QED) is 0.699. The van der Waals surface area contributed by atoms with Gasteiger partial charge in [-0.15, -0.1) is 0 Å². The fourth-order valence-electron chi connectivity index (χ4n) is 2.77. The maximum absolute atomic E-state index is 10.2. The summed E-state index contributed by atoms with van der Waals surface area (Å²) in [6.07, 6.45) is 0.135. The predicted molar refractivity (Wildman–Crippen MR) is 81.9 cm³/mol. The van der Waals surface area contributed by atoms with Crippen LogP contribution >= 0.6 is 0 Å². The van der Waals surface area contributed by atoms with Crippen molar-refractivity contribution in [3.63, 3.8) is 0 Å². The number of fused-ring (bicyclic) bond motifs is 1. The zero-order valence-corrected chi connectivity index (χ0v) is 13.2. The summed E-state index contributed by atoms with van der Waals surface area (Å²) in [6, 6.07) is 0.202. The number of nitrogens with one attached hydrogen (secondary N) is 1. The Morgan fingerprint density at radius 1 is 1.39 bits per heavy atom. The molecule has 0 unspecified atom stereocenters. The van der Waals surface area contributed by atoms with E-state index in [1.807, 2.05) is 13.8 Å². The molecule has 3 rings (SSSR count). The second-order valence-electron chi connectivity index (χ2n) is 5.78. The van der Waals surface area contributed by atoms with Crippen LogP contribution in [-0.2, 0) is 9.47 Å². The van der Waals surface area contributed by atoms with E-state index in [2.05, 4.69) is 20.3 Å². The molecule has 2 aromatic heterocycles. The largest absolute Gasteiger partial charge is 0.394 e. The Morgan fingerprint density at radius 3 is 2.83 bits per heavy atom. The highest BCUT2D eigenvalue weighted by atomic mass is 16.6. The second kappa shape index (κ2) is 6.36. The Hall–Kier alpha value is -1.81. The third-order valence-electron chi connectivity index (χ3n) is 3.82. The van der Waals surface area contributed by atoms with Crippen molar-refractivity contribution in [1.29, 1.82) is 0 Å². The molecule has 9 nitrogen and oxygen atoms in total. The van der Waals surface area contributed by atoms with Gasteiger partial charge in [-0.05, 0) is 13.8 Å². The second-order valence-corrected chi connectivity index (χ2v) is 5.78. The summed E-state index contributed by atoms with van der Waals surface area (Å²) in [5, 5.41) is 22.7. The average Bonchev–Trinajstić information content (AvgIpc) is 3.08. The topological polar surface area (TPSA) is 115 Å². The number of aliphatic hydroxyl groups is 2. The molecule has 126 valence electrons. The molecule has 1 fully saturated rings. The van der Waals surface area contributed by atoms with Crippen molar-refractivity contribution >= 4 is 17.0 Å². The number of nitrogens with zero attached hydrogens (tertiary/aromatic N) is 4. The average molecular weight is 323 g/mol. The summed E-state index contributed by atoms with van der Waals surface area (Å²) in [6.45, 7) is 3.72. The first-order chi connectivity index (χ1) is 11.1. The van der Waals surface area contributed by atoms with Crippen LogP contribution in [0.3, 0.4) is 0 Å². The molecule has 3 heterocycles. The molecule has 3 N–H and O–H groups in total. The maximum atomic E-state index is 10.2. The van der Waals surface area contributed by atoms with E-state index < -0.39 is 24.5 Å². The van der Waals surface area contributed by atoms with Crippen molar-refractivity contribution in [1.82, 2.24) is 19.5 Å². The minimum atomic E-state index is -0.928. The summed E-state index contributed by atoms with van der Waals surface area (Å²) < 4.78 is 12.7. The molecular formula is C14H21N5O4. The van der Waals surface area contributed by atoms with E-state index in [0.717, 1.165) is 0 Å². The van der Waals surface area contributed by atoms with Crippen molar-refractivity contribution in [2.45, 2.75) is 44.4 Å². The van der Waals surface area contributed by atoms with Gasteiger partial charge in [0.25, 0.3) is 0 Å². The maximum Gasteiger partial charge on any atom is 0.167 e. The molecule has 9 heteroatoms. The first-order valence-corrected chi connectivity index (χ1v) is 7.48. The highest BCUT2D eigenvalue weighted by molar-refractivity contribution is 5.82. The summed E-state index contributed by atoms with van der Waals surface area (Å²) in [5.41, 5.74) is 1.18. The lowest BCUT2D eigenvalue weighted by molar-refractivity contribution is -0.0583. The third-order valence-corrected chi connectivity index (χ3v) is 3.82. The first kappa shape index (κ1) is 16.1. The third kappa shape index (κ3) is 2.76. The normalized spacial score (nSPS) is 27.9. The zero-order valence-electron chi connectivity index (χ0n) is 13.2. The smallest absolute Gasteiger partial charge is 0.167 e. The Balaban J connectivity index is 2.00. The number of hydrogen-bond acceptors (Lipinski definition) is 8. The van der Waals surface area contributed by atoms with E-state index in [1.165, 1.54) is 13.4 Å². The standard InChI is InChI=1S/C14H21N5O4/c1-7(2)18-12-9-13(16-5-15-12)19(6-17-9)14-11(22-3)10(21)8(4-20)23-14/h5-8,10-11,14,20-21H,4H2,1-3H3,(H,15,16,18)/t8-,10-,11-,14-/m1/s1. The number of hydrogen-bond donors (Lipinski definition) is 3. The van der Waals surface area contributed by atoms with Gasteiger partial charge in [-0.2, -0.15) is 0 Å². The molecule has 1 saturated heterocycles.